The van der Waals surface area contributed by atoms with E-state index in [9.17, 15) is 4.79 Å². The van der Waals surface area contributed by atoms with Gasteiger partial charge in [0.2, 0.25) is 5.91 Å². The van der Waals surface area contributed by atoms with Gasteiger partial charge in [-0.25, -0.2) is 0 Å². The van der Waals surface area contributed by atoms with Crippen LogP contribution in [0.2, 0.25) is 5.02 Å². The minimum absolute atomic E-state index is 0.210. The van der Waals surface area contributed by atoms with Crippen LogP contribution >= 0.6 is 11.6 Å². The van der Waals surface area contributed by atoms with E-state index in [4.69, 9.17) is 16.3 Å². The summed E-state index contributed by atoms with van der Waals surface area (Å²) in [5.41, 5.74) is 2.56. The van der Waals surface area contributed by atoms with Gasteiger partial charge >= 0.3 is 0 Å². The third kappa shape index (κ3) is 5.02. The summed E-state index contributed by atoms with van der Waals surface area (Å²) in [6.07, 6.45) is 3.25. The van der Waals surface area contributed by atoms with Crippen LogP contribution in [0.1, 0.15) is 5.56 Å². The van der Waals surface area contributed by atoms with Gasteiger partial charge in [0, 0.05) is 42.8 Å². The zero-order valence-electron chi connectivity index (χ0n) is 15.6. The van der Waals surface area contributed by atoms with Gasteiger partial charge in [0.15, 0.2) is 0 Å². The topological polar surface area (TPSA) is 44.8 Å². The number of hydrogen-bond donors (Lipinski definition) is 1. The summed E-state index contributed by atoms with van der Waals surface area (Å²) in [7, 11) is 3.73. The third-order valence-electron chi connectivity index (χ3n) is 4.61. The maximum Gasteiger partial charge on any atom is 0.248 e. The molecule has 3 rings (SSSR count). The van der Waals surface area contributed by atoms with Crippen LogP contribution in [0.25, 0.3) is 6.08 Å². The molecule has 0 unspecified atom stereocenters. The molecule has 1 N–H and O–H groups in total. The Bertz CT molecular complexity index is 830. The summed E-state index contributed by atoms with van der Waals surface area (Å²) in [6.45, 7) is 3.81. The minimum atomic E-state index is -0.210. The van der Waals surface area contributed by atoms with Crippen LogP contribution in [0, 0.1) is 0 Å². The molecule has 27 heavy (non-hydrogen) atoms. The number of halogens is 1. The highest BCUT2D eigenvalue weighted by Gasteiger charge is 2.18. The van der Waals surface area contributed by atoms with E-state index >= 15 is 0 Å². The smallest absolute Gasteiger partial charge is 0.248 e. The number of benzene rings is 2. The van der Waals surface area contributed by atoms with Crippen molar-refractivity contribution in [2.24, 2.45) is 0 Å². The van der Waals surface area contributed by atoms with Gasteiger partial charge in [-0.15, -0.1) is 0 Å². The van der Waals surface area contributed by atoms with E-state index < -0.39 is 0 Å². The molecule has 2 aromatic carbocycles. The number of para-hydroxylation sites is 1. The number of likely N-dealkylation sites (N-methyl/N-ethyl adjacent to an activating group) is 1. The number of anilines is 2. The number of methoxy groups -OCH3 is 1. The van der Waals surface area contributed by atoms with Crippen molar-refractivity contribution >= 4 is 35.0 Å². The van der Waals surface area contributed by atoms with Gasteiger partial charge in [0.1, 0.15) is 5.75 Å². The highest BCUT2D eigenvalue weighted by atomic mass is 35.5. The van der Waals surface area contributed by atoms with E-state index in [1.165, 1.54) is 6.08 Å². The zero-order chi connectivity index (χ0) is 19.2. The summed E-state index contributed by atoms with van der Waals surface area (Å²) in [6, 6.07) is 13.2. The maximum absolute atomic E-state index is 12.5. The molecule has 1 amide bonds. The van der Waals surface area contributed by atoms with Crippen molar-refractivity contribution in [1.82, 2.24) is 4.90 Å². The first kappa shape index (κ1) is 19.3. The minimum Gasteiger partial charge on any atom is -0.496 e. The predicted octanol–water partition coefficient (Wildman–Crippen LogP) is 3.75. The highest BCUT2D eigenvalue weighted by molar-refractivity contribution is 6.31. The lowest BCUT2D eigenvalue weighted by molar-refractivity contribution is -0.111. The van der Waals surface area contributed by atoms with Crippen molar-refractivity contribution in [2.75, 3.05) is 50.6 Å². The number of piperazine rings is 1. The monoisotopic (exact) mass is 385 g/mol. The molecule has 0 radical (unpaired) electrons. The first-order valence-corrected chi connectivity index (χ1v) is 9.30. The second-order valence-electron chi connectivity index (χ2n) is 6.52. The van der Waals surface area contributed by atoms with Crippen molar-refractivity contribution in [3.8, 4) is 5.75 Å². The average molecular weight is 386 g/mol. The summed E-state index contributed by atoms with van der Waals surface area (Å²) >= 11 is 6.16. The molecular formula is C21H24ClN3O2. The van der Waals surface area contributed by atoms with Crippen LogP contribution in [-0.2, 0) is 4.79 Å². The molecule has 142 valence electrons. The number of nitrogens with zero attached hydrogens (tertiary/aromatic N) is 2. The Balaban J connectivity index is 1.75. The molecule has 1 aliphatic rings. The molecule has 6 heteroatoms. The van der Waals surface area contributed by atoms with Crippen molar-refractivity contribution in [2.45, 2.75) is 0 Å². The first-order valence-electron chi connectivity index (χ1n) is 8.92. The number of nitrogens with one attached hydrogen (secondary N) is 1. The summed E-state index contributed by atoms with van der Waals surface area (Å²) in [5, 5.41) is 3.56. The molecule has 0 bridgehead atoms. The summed E-state index contributed by atoms with van der Waals surface area (Å²) in [4.78, 5) is 17.0. The van der Waals surface area contributed by atoms with E-state index in [0.717, 1.165) is 48.9 Å². The van der Waals surface area contributed by atoms with E-state index in [2.05, 4.69) is 22.2 Å². The van der Waals surface area contributed by atoms with Crippen molar-refractivity contribution in [3.05, 3.63) is 59.1 Å². The molecule has 0 saturated carbocycles. The van der Waals surface area contributed by atoms with Crippen LogP contribution in [0.3, 0.4) is 0 Å². The van der Waals surface area contributed by atoms with Gasteiger partial charge in [0.25, 0.3) is 0 Å². The molecule has 0 aliphatic carbocycles. The van der Waals surface area contributed by atoms with Gasteiger partial charge in [-0.1, -0.05) is 29.8 Å². The molecule has 1 saturated heterocycles. The SMILES string of the molecule is COc1ccccc1/C=C/C(=O)Nc1cc(Cl)ccc1N1CCN(C)CC1. The predicted molar refractivity (Wildman–Crippen MR) is 112 cm³/mol. The van der Waals surface area contributed by atoms with Crippen molar-refractivity contribution < 1.29 is 9.53 Å². The second-order valence-corrected chi connectivity index (χ2v) is 6.95. The van der Waals surface area contributed by atoms with E-state index in [-0.39, 0.29) is 5.91 Å². The fraction of sp³-hybridized carbons (Fsp3) is 0.286. The Kier molecular flexibility index (Phi) is 6.37. The molecule has 1 fully saturated rings. The van der Waals surface area contributed by atoms with Crippen LogP contribution in [-0.4, -0.2) is 51.1 Å². The number of carbonyl (C=O) groups is 1. The number of rotatable bonds is 5. The van der Waals surface area contributed by atoms with Crippen molar-refractivity contribution in [1.29, 1.82) is 0 Å². The maximum atomic E-state index is 12.5. The zero-order valence-corrected chi connectivity index (χ0v) is 16.4. The van der Waals surface area contributed by atoms with E-state index in [0.29, 0.717) is 5.02 Å². The standard InChI is InChI=1S/C21H24ClN3O2/c1-24-11-13-25(14-12-24)19-9-8-17(22)15-18(19)23-21(26)10-7-16-5-3-4-6-20(16)27-2/h3-10,15H,11-14H2,1-2H3,(H,23,26)/b10-7+. The van der Waals surface area contributed by atoms with Crippen LogP contribution in [0.15, 0.2) is 48.5 Å². The number of hydrogen-bond acceptors (Lipinski definition) is 4. The first-order chi connectivity index (χ1) is 13.1. The quantitative estimate of drug-likeness (QED) is 0.796. The molecule has 2 aromatic rings. The highest BCUT2D eigenvalue weighted by Crippen LogP contribution is 2.30. The lowest BCUT2D eigenvalue weighted by Crippen LogP contribution is -2.44. The fourth-order valence-corrected chi connectivity index (χ4v) is 3.25. The summed E-state index contributed by atoms with van der Waals surface area (Å²) < 4.78 is 5.31. The number of amides is 1. The molecule has 0 aromatic heterocycles. The number of carbonyl (C=O) groups excluding carboxylic acids is 1. The van der Waals surface area contributed by atoms with Crippen LogP contribution in [0.5, 0.6) is 5.75 Å². The van der Waals surface area contributed by atoms with E-state index in [1.54, 1.807) is 19.3 Å². The Hall–Kier alpha value is -2.50. The Morgan fingerprint density at radius 3 is 2.63 bits per heavy atom. The van der Waals surface area contributed by atoms with Gasteiger partial charge < -0.3 is 19.9 Å². The molecule has 1 heterocycles. The van der Waals surface area contributed by atoms with E-state index in [1.807, 2.05) is 36.4 Å². The lowest BCUT2D eigenvalue weighted by Gasteiger charge is -2.35. The lowest BCUT2D eigenvalue weighted by atomic mass is 10.2. The van der Waals surface area contributed by atoms with Crippen molar-refractivity contribution in [3.63, 3.8) is 0 Å². The fourth-order valence-electron chi connectivity index (χ4n) is 3.08. The van der Waals surface area contributed by atoms with Crippen LogP contribution < -0.4 is 15.0 Å². The molecular weight excluding hydrogens is 362 g/mol. The largest absolute Gasteiger partial charge is 0.496 e. The van der Waals surface area contributed by atoms with Crippen LogP contribution in [0.4, 0.5) is 11.4 Å². The molecule has 0 spiro atoms. The number of ether oxygens (including phenoxy) is 1. The average Bonchev–Trinajstić information content (AvgIpc) is 2.67. The van der Waals surface area contributed by atoms with Gasteiger partial charge in [0.05, 0.1) is 18.5 Å². The summed E-state index contributed by atoms with van der Waals surface area (Å²) in [5.74, 6) is 0.515. The molecule has 5 nitrogen and oxygen atoms in total. The normalized spacial score (nSPS) is 15.1. The second kappa shape index (κ2) is 8.93. The van der Waals surface area contributed by atoms with Gasteiger partial charge in [-0.05, 0) is 37.4 Å². The third-order valence-corrected chi connectivity index (χ3v) is 4.85. The molecule has 0 atom stereocenters. The van der Waals surface area contributed by atoms with Gasteiger partial charge in [-0.3, -0.25) is 4.79 Å². The Morgan fingerprint density at radius 2 is 1.89 bits per heavy atom. The molecule has 1 aliphatic heterocycles. The Morgan fingerprint density at radius 1 is 1.15 bits per heavy atom. The van der Waals surface area contributed by atoms with Gasteiger partial charge in [-0.2, -0.15) is 0 Å². The Labute approximate surface area is 165 Å².